The zero-order valence-corrected chi connectivity index (χ0v) is 15.4. The van der Waals surface area contributed by atoms with Crippen LogP contribution >= 0.6 is 0 Å². The molecule has 0 atom stereocenters. The molecule has 29 heavy (non-hydrogen) atoms. The molecule has 0 radical (unpaired) electrons. The number of anilines is 2. The van der Waals surface area contributed by atoms with Crippen molar-refractivity contribution in [3.63, 3.8) is 0 Å². The highest BCUT2D eigenvalue weighted by molar-refractivity contribution is 6.11. The van der Waals surface area contributed by atoms with Gasteiger partial charge in [0.05, 0.1) is 11.3 Å². The molecule has 0 aliphatic rings. The van der Waals surface area contributed by atoms with Crippen molar-refractivity contribution < 1.29 is 22.8 Å². The van der Waals surface area contributed by atoms with Crippen molar-refractivity contribution in [1.29, 1.82) is 0 Å². The van der Waals surface area contributed by atoms with Crippen LogP contribution in [0.1, 0.15) is 31.8 Å². The molecular weight excluding hydrogens is 381 g/mol. The van der Waals surface area contributed by atoms with E-state index < -0.39 is 23.6 Å². The summed E-state index contributed by atoms with van der Waals surface area (Å²) in [4.78, 5) is 26.2. The van der Waals surface area contributed by atoms with E-state index in [1.54, 1.807) is 49.4 Å². The maximum absolute atomic E-state index is 13.2. The topological polar surface area (TPSA) is 63.4 Å². The lowest BCUT2D eigenvalue weighted by molar-refractivity contribution is -0.137. The lowest BCUT2D eigenvalue weighted by atomic mass is 10.0. The van der Waals surface area contributed by atoms with Crippen molar-refractivity contribution >= 4 is 23.2 Å². The molecule has 2 amide bonds. The number of alkyl halides is 3. The van der Waals surface area contributed by atoms with E-state index in [4.69, 9.17) is 5.73 Å². The lowest BCUT2D eigenvalue weighted by Crippen LogP contribution is -2.27. The van der Waals surface area contributed by atoms with E-state index >= 15 is 0 Å². The Balaban J connectivity index is 2.14. The molecule has 3 aromatic carbocycles. The minimum Gasteiger partial charge on any atom is -0.366 e. The summed E-state index contributed by atoms with van der Waals surface area (Å²) in [5, 5.41) is 0. The molecule has 0 fully saturated rings. The van der Waals surface area contributed by atoms with Gasteiger partial charge in [0.25, 0.3) is 5.91 Å². The maximum Gasteiger partial charge on any atom is 0.416 e. The summed E-state index contributed by atoms with van der Waals surface area (Å²) in [7, 11) is 0. The molecule has 2 N–H and O–H groups in total. The minimum absolute atomic E-state index is 0.134. The number of hydrogen-bond acceptors (Lipinski definition) is 2. The Labute approximate surface area is 165 Å². The first-order chi connectivity index (χ1) is 13.7. The molecule has 0 saturated carbocycles. The molecule has 0 spiro atoms. The lowest BCUT2D eigenvalue weighted by Gasteiger charge is -2.24. The normalized spacial score (nSPS) is 11.2. The van der Waals surface area contributed by atoms with Crippen LogP contribution in [0.5, 0.6) is 0 Å². The summed E-state index contributed by atoms with van der Waals surface area (Å²) in [6.07, 6.45) is -4.57. The number of para-hydroxylation sites is 1. The Morgan fingerprint density at radius 1 is 0.862 bits per heavy atom. The van der Waals surface area contributed by atoms with Crippen molar-refractivity contribution in [2.75, 3.05) is 4.90 Å². The van der Waals surface area contributed by atoms with Crippen LogP contribution in [0.4, 0.5) is 24.5 Å². The largest absolute Gasteiger partial charge is 0.416 e. The molecule has 0 unspecified atom stereocenters. The van der Waals surface area contributed by atoms with Gasteiger partial charge >= 0.3 is 6.18 Å². The van der Waals surface area contributed by atoms with E-state index in [1.165, 1.54) is 23.1 Å². The molecule has 7 heteroatoms. The van der Waals surface area contributed by atoms with E-state index in [2.05, 4.69) is 0 Å². The second-order valence-corrected chi connectivity index (χ2v) is 6.42. The average molecular weight is 398 g/mol. The van der Waals surface area contributed by atoms with E-state index in [0.717, 1.165) is 12.1 Å². The quantitative estimate of drug-likeness (QED) is 0.665. The third-order valence-corrected chi connectivity index (χ3v) is 4.40. The van der Waals surface area contributed by atoms with Crippen molar-refractivity contribution in [3.05, 3.63) is 95.1 Å². The number of primary amides is 1. The molecule has 3 rings (SSSR count). The van der Waals surface area contributed by atoms with Crippen LogP contribution in [0.3, 0.4) is 0 Å². The number of amides is 2. The third-order valence-electron chi connectivity index (χ3n) is 4.40. The van der Waals surface area contributed by atoms with Gasteiger partial charge < -0.3 is 5.73 Å². The van der Waals surface area contributed by atoms with E-state index in [1.807, 2.05) is 0 Å². The summed E-state index contributed by atoms with van der Waals surface area (Å²) in [6.45, 7) is 1.70. The fourth-order valence-electron chi connectivity index (χ4n) is 2.93. The van der Waals surface area contributed by atoms with Crippen LogP contribution in [-0.4, -0.2) is 11.8 Å². The van der Waals surface area contributed by atoms with Gasteiger partial charge in [-0.1, -0.05) is 30.3 Å². The van der Waals surface area contributed by atoms with Gasteiger partial charge in [-0.2, -0.15) is 13.2 Å². The van der Waals surface area contributed by atoms with Crippen molar-refractivity contribution in [2.45, 2.75) is 13.1 Å². The molecular formula is C22H17F3N2O2. The molecule has 0 aliphatic heterocycles. The van der Waals surface area contributed by atoms with Crippen molar-refractivity contribution in [2.24, 2.45) is 5.73 Å². The van der Waals surface area contributed by atoms with Crippen molar-refractivity contribution in [3.8, 4) is 0 Å². The second-order valence-electron chi connectivity index (χ2n) is 6.42. The SMILES string of the molecule is Cc1ccc(N(C(=O)c2cccc(C(F)(F)F)c2)c2ccccc2)cc1C(N)=O. The summed E-state index contributed by atoms with van der Waals surface area (Å²) in [5.74, 6) is -1.33. The molecule has 0 bridgehead atoms. The molecule has 0 aromatic heterocycles. The van der Waals surface area contributed by atoms with Gasteiger partial charge in [0.1, 0.15) is 0 Å². The van der Waals surface area contributed by atoms with Gasteiger partial charge in [-0.25, -0.2) is 0 Å². The van der Waals surface area contributed by atoms with E-state index in [9.17, 15) is 22.8 Å². The molecule has 0 heterocycles. The summed E-state index contributed by atoms with van der Waals surface area (Å²) < 4.78 is 39.3. The predicted molar refractivity (Wildman–Crippen MR) is 104 cm³/mol. The highest BCUT2D eigenvalue weighted by Crippen LogP contribution is 2.32. The number of hydrogen-bond donors (Lipinski definition) is 1. The highest BCUT2D eigenvalue weighted by Gasteiger charge is 2.31. The Bertz CT molecular complexity index is 1060. The minimum atomic E-state index is -4.57. The van der Waals surface area contributed by atoms with E-state index in [-0.39, 0.29) is 11.1 Å². The fourth-order valence-corrected chi connectivity index (χ4v) is 2.93. The number of benzene rings is 3. The van der Waals surface area contributed by atoms with Crippen LogP contribution in [0.15, 0.2) is 72.8 Å². The first-order valence-electron chi connectivity index (χ1n) is 8.65. The Kier molecular flexibility index (Phi) is 5.41. The molecule has 148 valence electrons. The number of nitrogens with two attached hydrogens (primary N) is 1. The fraction of sp³-hybridized carbons (Fsp3) is 0.0909. The van der Waals surface area contributed by atoms with Crippen LogP contribution in [-0.2, 0) is 6.18 Å². The first-order valence-corrected chi connectivity index (χ1v) is 8.65. The molecule has 0 aliphatic carbocycles. The Morgan fingerprint density at radius 3 is 2.17 bits per heavy atom. The van der Waals surface area contributed by atoms with E-state index in [0.29, 0.717) is 16.9 Å². The molecule has 0 saturated heterocycles. The van der Waals surface area contributed by atoms with Gasteiger partial charge in [-0.05, 0) is 55.0 Å². The Morgan fingerprint density at radius 2 is 1.55 bits per heavy atom. The predicted octanol–water partition coefficient (Wildman–Crippen LogP) is 5.09. The van der Waals surface area contributed by atoms with Crippen LogP contribution < -0.4 is 10.6 Å². The van der Waals surface area contributed by atoms with Gasteiger partial charge in [-0.3, -0.25) is 14.5 Å². The number of aryl methyl sites for hydroxylation is 1. The highest BCUT2D eigenvalue weighted by atomic mass is 19.4. The second kappa shape index (κ2) is 7.79. The number of halogens is 3. The van der Waals surface area contributed by atoms with Crippen LogP contribution in [0.2, 0.25) is 0 Å². The monoisotopic (exact) mass is 398 g/mol. The first kappa shape index (κ1) is 20.1. The molecule has 4 nitrogen and oxygen atoms in total. The average Bonchev–Trinajstić information content (AvgIpc) is 2.69. The zero-order valence-electron chi connectivity index (χ0n) is 15.4. The Hall–Kier alpha value is -3.61. The van der Waals surface area contributed by atoms with Gasteiger partial charge in [0, 0.05) is 16.8 Å². The zero-order chi connectivity index (χ0) is 21.2. The van der Waals surface area contributed by atoms with Gasteiger partial charge in [0.2, 0.25) is 5.91 Å². The standard InChI is InChI=1S/C22H17F3N2O2/c1-14-10-11-18(13-19(14)20(26)28)27(17-8-3-2-4-9-17)21(29)15-6-5-7-16(12-15)22(23,24)25/h2-13H,1H3,(H2,26,28). The smallest absolute Gasteiger partial charge is 0.366 e. The molecule has 3 aromatic rings. The summed E-state index contributed by atoms with van der Waals surface area (Å²) >= 11 is 0. The van der Waals surface area contributed by atoms with Crippen molar-refractivity contribution in [1.82, 2.24) is 0 Å². The van der Waals surface area contributed by atoms with Gasteiger partial charge in [0.15, 0.2) is 0 Å². The van der Waals surface area contributed by atoms with Gasteiger partial charge in [-0.15, -0.1) is 0 Å². The maximum atomic E-state index is 13.2. The number of rotatable bonds is 4. The van der Waals surface area contributed by atoms with Crippen LogP contribution in [0, 0.1) is 6.92 Å². The van der Waals surface area contributed by atoms with Crippen LogP contribution in [0.25, 0.3) is 0 Å². The number of nitrogens with zero attached hydrogens (tertiary/aromatic N) is 1. The summed E-state index contributed by atoms with van der Waals surface area (Å²) in [6, 6.07) is 17.4. The number of carbonyl (C=O) groups excluding carboxylic acids is 2. The summed E-state index contributed by atoms with van der Waals surface area (Å²) in [5.41, 5.74) is 5.96. The third kappa shape index (κ3) is 4.29. The number of carbonyl (C=O) groups is 2.